The average molecular weight is 259 g/mol. The number of ether oxygens (including phenoxy) is 1. The van der Waals surface area contributed by atoms with Crippen LogP contribution in [-0.2, 0) is 11.3 Å². The van der Waals surface area contributed by atoms with Crippen molar-refractivity contribution >= 4 is 0 Å². The van der Waals surface area contributed by atoms with Gasteiger partial charge in [-0.05, 0) is 25.5 Å². The molecule has 0 aromatic heterocycles. The van der Waals surface area contributed by atoms with Crippen LogP contribution >= 0.6 is 0 Å². The Bertz CT molecular complexity index is 465. The fourth-order valence-electron chi connectivity index (χ4n) is 2.57. The maximum atomic E-state index is 8.81. The maximum Gasteiger partial charge on any atom is 0.104 e. The third-order valence-electron chi connectivity index (χ3n) is 3.21. The highest BCUT2D eigenvalue weighted by atomic mass is 16.5. The summed E-state index contributed by atoms with van der Waals surface area (Å²) >= 11 is 0. The molecule has 1 aliphatic heterocycles. The van der Waals surface area contributed by atoms with Crippen molar-refractivity contribution in [3.05, 3.63) is 35.4 Å². The summed E-state index contributed by atoms with van der Waals surface area (Å²) in [6.45, 7) is 6.91. The first-order valence-corrected chi connectivity index (χ1v) is 6.74. The molecule has 0 aliphatic carbocycles. The van der Waals surface area contributed by atoms with Crippen LogP contribution in [0.25, 0.3) is 0 Å². The van der Waals surface area contributed by atoms with E-state index in [4.69, 9.17) is 9.84 Å². The van der Waals surface area contributed by atoms with Gasteiger partial charge in [-0.25, -0.2) is 0 Å². The Morgan fingerprint density at radius 3 is 2.63 bits per heavy atom. The van der Waals surface area contributed by atoms with Crippen molar-refractivity contribution in [3.8, 4) is 11.8 Å². The van der Waals surface area contributed by atoms with Crippen molar-refractivity contribution in [1.82, 2.24) is 4.90 Å². The molecule has 0 unspecified atom stereocenters. The van der Waals surface area contributed by atoms with Crippen LogP contribution in [0, 0.1) is 11.8 Å². The van der Waals surface area contributed by atoms with Crippen LogP contribution < -0.4 is 0 Å². The van der Waals surface area contributed by atoms with Gasteiger partial charge in [-0.3, -0.25) is 4.90 Å². The lowest BCUT2D eigenvalue weighted by molar-refractivity contribution is -0.0705. The van der Waals surface area contributed by atoms with Crippen molar-refractivity contribution < 1.29 is 9.84 Å². The number of benzene rings is 1. The summed E-state index contributed by atoms with van der Waals surface area (Å²) in [5.41, 5.74) is 2.22. The molecule has 0 radical (unpaired) electrons. The van der Waals surface area contributed by atoms with E-state index < -0.39 is 0 Å². The second-order valence-electron chi connectivity index (χ2n) is 5.07. The molecule has 1 fully saturated rings. The molecule has 0 spiro atoms. The monoisotopic (exact) mass is 259 g/mol. The van der Waals surface area contributed by atoms with Gasteiger partial charge < -0.3 is 9.84 Å². The van der Waals surface area contributed by atoms with Gasteiger partial charge >= 0.3 is 0 Å². The standard InChI is InChI=1S/C16H21NO2/c1-13-10-17(11-14(2)19-13)12-16-7-4-3-6-15(16)8-5-9-18/h3-4,6-7,13-14,18H,9-12H2,1-2H3/t13-,14+. The molecule has 1 aliphatic rings. The summed E-state index contributed by atoms with van der Waals surface area (Å²) in [5, 5.41) is 8.81. The zero-order chi connectivity index (χ0) is 13.7. The highest BCUT2D eigenvalue weighted by Gasteiger charge is 2.22. The fourth-order valence-corrected chi connectivity index (χ4v) is 2.57. The molecule has 1 aromatic rings. The second-order valence-corrected chi connectivity index (χ2v) is 5.07. The summed E-state index contributed by atoms with van der Waals surface area (Å²) in [4.78, 5) is 2.40. The van der Waals surface area contributed by atoms with Gasteiger partial charge in [0.2, 0.25) is 0 Å². The van der Waals surface area contributed by atoms with Crippen LogP contribution in [0.4, 0.5) is 0 Å². The predicted octanol–water partition coefficient (Wildman–Crippen LogP) is 1.64. The minimum Gasteiger partial charge on any atom is -0.384 e. The van der Waals surface area contributed by atoms with Crippen LogP contribution in [0.5, 0.6) is 0 Å². The van der Waals surface area contributed by atoms with Gasteiger partial charge in [-0.15, -0.1) is 0 Å². The molecule has 3 heteroatoms. The molecule has 1 aromatic carbocycles. The van der Waals surface area contributed by atoms with E-state index in [-0.39, 0.29) is 18.8 Å². The van der Waals surface area contributed by atoms with Gasteiger partial charge in [0.1, 0.15) is 6.61 Å². The molecule has 102 valence electrons. The molecule has 3 nitrogen and oxygen atoms in total. The van der Waals surface area contributed by atoms with Crippen molar-refractivity contribution in [2.24, 2.45) is 0 Å². The largest absolute Gasteiger partial charge is 0.384 e. The summed E-state index contributed by atoms with van der Waals surface area (Å²) in [6, 6.07) is 8.12. The Labute approximate surface area is 115 Å². The molecule has 0 bridgehead atoms. The Hall–Kier alpha value is -1.34. The Kier molecular flexibility index (Phi) is 4.98. The van der Waals surface area contributed by atoms with Crippen molar-refractivity contribution in [2.45, 2.75) is 32.6 Å². The van der Waals surface area contributed by atoms with E-state index in [0.29, 0.717) is 0 Å². The first-order chi connectivity index (χ1) is 9.19. The normalized spacial score (nSPS) is 23.7. The SMILES string of the molecule is C[C@@H]1CN(Cc2ccccc2C#CCO)C[C@H](C)O1. The zero-order valence-electron chi connectivity index (χ0n) is 11.6. The maximum absolute atomic E-state index is 8.81. The average Bonchev–Trinajstić information content (AvgIpc) is 2.36. The number of hydrogen-bond donors (Lipinski definition) is 1. The van der Waals surface area contributed by atoms with Crippen LogP contribution in [0.15, 0.2) is 24.3 Å². The second kappa shape index (κ2) is 6.72. The summed E-state index contributed by atoms with van der Waals surface area (Å²) in [5.74, 6) is 5.74. The number of morpholine rings is 1. The van der Waals surface area contributed by atoms with Gasteiger partial charge in [0.15, 0.2) is 0 Å². The molecular weight excluding hydrogens is 238 g/mol. The van der Waals surface area contributed by atoms with Crippen molar-refractivity contribution in [3.63, 3.8) is 0 Å². The molecular formula is C16H21NO2. The molecule has 0 amide bonds. The van der Waals surface area contributed by atoms with Crippen LogP contribution in [0.1, 0.15) is 25.0 Å². The number of rotatable bonds is 2. The molecule has 1 saturated heterocycles. The molecule has 0 saturated carbocycles. The van der Waals surface area contributed by atoms with Gasteiger partial charge in [-0.2, -0.15) is 0 Å². The molecule has 2 rings (SSSR count). The van der Waals surface area contributed by atoms with Crippen LogP contribution in [-0.4, -0.2) is 41.9 Å². The smallest absolute Gasteiger partial charge is 0.104 e. The van der Waals surface area contributed by atoms with Crippen molar-refractivity contribution in [1.29, 1.82) is 0 Å². The van der Waals surface area contributed by atoms with Gasteiger partial charge in [-0.1, -0.05) is 30.0 Å². The number of aliphatic hydroxyl groups is 1. The third kappa shape index (κ3) is 4.07. The highest BCUT2D eigenvalue weighted by molar-refractivity contribution is 5.41. The lowest BCUT2D eigenvalue weighted by atomic mass is 10.1. The lowest BCUT2D eigenvalue weighted by Crippen LogP contribution is -2.44. The fraction of sp³-hybridized carbons (Fsp3) is 0.500. The summed E-state index contributed by atoms with van der Waals surface area (Å²) < 4.78 is 5.75. The number of hydrogen-bond acceptors (Lipinski definition) is 3. The minimum atomic E-state index is -0.0973. The van der Waals surface area contributed by atoms with E-state index in [1.165, 1.54) is 5.56 Å². The Morgan fingerprint density at radius 1 is 1.26 bits per heavy atom. The van der Waals surface area contributed by atoms with E-state index in [0.717, 1.165) is 25.2 Å². The van der Waals surface area contributed by atoms with E-state index in [2.05, 4.69) is 36.7 Å². The zero-order valence-corrected chi connectivity index (χ0v) is 11.6. The topological polar surface area (TPSA) is 32.7 Å². The highest BCUT2D eigenvalue weighted by Crippen LogP contribution is 2.16. The first-order valence-electron chi connectivity index (χ1n) is 6.74. The van der Waals surface area contributed by atoms with Crippen LogP contribution in [0.3, 0.4) is 0 Å². The third-order valence-corrected chi connectivity index (χ3v) is 3.21. The molecule has 1 N–H and O–H groups in total. The Balaban J connectivity index is 2.10. The summed E-state index contributed by atoms with van der Waals surface area (Å²) in [6.07, 6.45) is 0.555. The van der Waals surface area contributed by atoms with E-state index >= 15 is 0 Å². The number of aliphatic hydroxyl groups excluding tert-OH is 1. The van der Waals surface area contributed by atoms with E-state index in [1.807, 2.05) is 18.2 Å². The molecule has 1 heterocycles. The van der Waals surface area contributed by atoms with Crippen molar-refractivity contribution in [2.75, 3.05) is 19.7 Å². The van der Waals surface area contributed by atoms with Gasteiger partial charge in [0, 0.05) is 25.2 Å². The van der Waals surface area contributed by atoms with Crippen LogP contribution in [0.2, 0.25) is 0 Å². The van der Waals surface area contributed by atoms with E-state index in [9.17, 15) is 0 Å². The number of nitrogens with zero attached hydrogens (tertiary/aromatic N) is 1. The molecule has 2 atom stereocenters. The summed E-state index contributed by atoms with van der Waals surface area (Å²) in [7, 11) is 0. The minimum absolute atomic E-state index is 0.0973. The quantitative estimate of drug-likeness (QED) is 0.820. The lowest BCUT2D eigenvalue weighted by Gasteiger charge is -2.35. The Morgan fingerprint density at radius 2 is 1.95 bits per heavy atom. The predicted molar refractivity (Wildman–Crippen MR) is 75.7 cm³/mol. The molecule has 19 heavy (non-hydrogen) atoms. The first kappa shape index (κ1) is 14.1. The van der Waals surface area contributed by atoms with E-state index in [1.54, 1.807) is 0 Å². The van der Waals surface area contributed by atoms with Gasteiger partial charge in [0.25, 0.3) is 0 Å². The van der Waals surface area contributed by atoms with Gasteiger partial charge in [0.05, 0.1) is 12.2 Å².